The highest BCUT2D eigenvalue weighted by Crippen LogP contribution is 2.29. The average Bonchev–Trinajstić information content (AvgIpc) is 2.24. The van der Waals surface area contributed by atoms with E-state index >= 15 is 0 Å². The van der Waals surface area contributed by atoms with Gasteiger partial charge in [0.05, 0.1) is 11.3 Å². The van der Waals surface area contributed by atoms with Crippen molar-refractivity contribution >= 4 is 5.69 Å². The minimum absolute atomic E-state index is 0.340. The van der Waals surface area contributed by atoms with E-state index in [1.54, 1.807) is 0 Å². The van der Waals surface area contributed by atoms with Gasteiger partial charge in [-0.2, -0.15) is 5.26 Å². The SMILES string of the molecule is CN(c1ccccc1C#N)C1CC(N)C1. The van der Waals surface area contributed by atoms with Gasteiger partial charge in [-0.25, -0.2) is 0 Å². The van der Waals surface area contributed by atoms with Crippen LogP contribution in [0.2, 0.25) is 0 Å². The highest BCUT2D eigenvalue weighted by Gasteiger charge is 2.30. The van der Waals surface area contributed by atoms with Crippen LogP contribution in [0.5, 0.6) is 0 Å². The maximum Gasteiger partial charge on any atom is 0.101 e. The molecular formula is C12H15N3. The molecule has 0 spiro atoms. The number of nitriles is 1. The number of benzene rings is 1. The summed E-state index contributed by atoms with van der Waals surface area (Å²) >= 11 is 0. The van der Waals surface area contributed by atoms with Crippen LogP contribution in [-0.2, 0) is 0 Å². The number of para-hydroxylation sites is 1. The van der Waals surface area contributed by atoms with Crippen molar-refractivity contribution < 1.29 is 0 Å². The molecule has 78 valence electrons. The highest BCUT2D eigenvalue weighted by molar-refractivity contribution is 5.59. The second kappa shape index (κ2) is 3.92. The molecule has 0 aliphatic heterocycles. The molecule has 1 aliphatic rings. The number of anilines is 1. The zero-order valence-electron chi connectivity index (χ0n) is 8.85. The molecule has 0 saturated heterocycles. The van der Waals surface area contributed by atoms with E-state index in [0.29, 0.717) is 12.1 Å². The van der Waals surface area contributed by atoms with Crippen molar-refractivity contribution in [2.24, 2.45) is 5.73 Å². The molecule has 1 saturated carbocycles. The summed E-state index contributed by atoms with van der Waals surface area (Å²) in [5.41, 5.74) is 7.51. The van der Waals surface area contributed by atoms with Crippen molar-refractivity contribution in [3.8, 4) is 6.07 Å². The lowest BCUT2D eigenvalue weighted by molar-refractivity contribution is 0.340. The van der Waals surface area contributed by atoms with Gasteiger partial charge in [0, 0.05) is 19.1 Å². The lowest BCUT2D eigenvalue weighted by atomic mass is 9.86. The summed E-state index contributed by atoms with van der Waals surface area (Å²) < 4.78 is 0. The van der Waals surface area contributed by atoms with Gasteiger partial charge in [0.2, 0.25) is 0 Å². The lowest BCUT2D eigenvalue weighted by Gasteiger charge is -2.40. The molecule has 15 heavy (non-hydrogen) atoms. The van der Waals surface area contributed by atoms with Gasteiger partial charge < -0.3 is 10.6 Å². The third-order valence-corrected chi connectivity index (χ3v) is 3.10. The molecule has 0 heterocycles. The van der Waals surface area contributed by atoms with E-state index in [2.05, 4.69) is 11.0 Å². The van der Waals surface area contributed by atoms with Crippen LogP contribution in [-0.4, -0.2) is 19.1 Å². The highest BCUT2D eigenvalue weighted by atomic mass is 15.2. The Morgan fingerprint density at radius 2 is 2.07 bits per heavy atom. The van der Waals surface area contributed by atoms with Crippen LogP contribution in [0.3, 0.4) is 0 Å². The molecule has 3 heteroatoms. The van der Waals surface area contributed by atoms with Crippen molar-refractivity contribution in [2.75, 3.05) is 11.9 Å². The van der Waals surface area contributed by atoms with E-state index in [-0.39, 0.29) is 0 Å². The molecule has 0 amide bonds. The quantitative estimate of drug-likeness (QED) is 0.788. The fraction of sp³-hybridized carbons (Fsp3) is 0.417. The number of hydrogen-bond donors (Lipinski definition) is 1. The number of hydrogen-bond acceptors (Lipinski definition) is 3. The third-order valence-electron chi connectivity index (χ3n) is 3.10. The topological polar surface area (TPSA) is 53.0 Å². The molecule has 3 nitrogen and oxygen atoms in total. The van der Waals surface area contributed by atoms with Crippen LogP contribution in [0.1, 0.15) is 18.4 Å². The van der Waals surface area contributed by atoms with E-state index in [1.807, 2.05) is 31.3 Å². The van der Waals surface area contributed by atoms with E-state index in [4.69, 9.17) is 11.0 Å². The van der Waals surface area contributed by atoms with Gasteiger partial charge in [-0.05, 0) is 25.0 Å². The molecule has 0 unspecified atom stereocenters. The zero-order chi connectivity index (χ0) is 10.8. The third kappa shape index (κ3) is 1.81. The molecule has 0 atom stereocenters. The molecule has 2 N–H and O–H groups in total. The van der Waals surface area contributed by atoms with Crippen molar-refractivity contribution in [3.05, 3.63) is 29.8 Å². The predicted molar refractivity (Wildman–Crippen MR) is 60.6 cm³/mol. The summed E-state index contributed by atoms with van der Waals surface area (Å²) in [6.07, 6.45) is 2.05. The van der Waals surface area contributed by atoms with E-state index in [9.17, 15) is 0 Å². The van der Waals surface area contributed by atoms with Gasteiger partial charge in [0.15, 0.2) is 0 Å². The van der Waals surface area contributed by atoms with Crippen molar-refractivity contribution in [3.63, 3.8) is 0 Å². The van der Waals surface area contributed by atoms with Gasteiger partial charge >= 0.3 is 0 Å². The molecule has 0 radical (unpaired) electrons. The fourth-order valence-electron chi connectivity index (χ4n) is 2.02. The summed E-state index contributed by atoms with van der Waals surface area (Å²) in [6.45, 7) is 0. The Balaban J connectivity index is 2.19. The molecule has 2 rings (SSSR count). The van der Waals surface area contributed by atoms with Crippen LogP contribution >= 0.6 is 0 Å². The first kappa shape index (κ1) is 10.0. The summed E-state index contributed by atoms with van der Waals surface area (Å²) in [5, 5.41) is 8.99. The predicted octanol–water partition coefficient (Wildman–Crippen LogP) is 1.48. The Bertz CT molecular complexity index is 388. The van der Waals surface area contributed by atoms with Gasteiger partial charge in [-0.3, -0.25) is 0 Å². The zero-order valence-corrected chi connectivity index (χ0v) is 8.85. The van der Waals surface area contributed by atoms with Crippen LogP contribution in [0.25, 0.3) is 0 Å². The van der Waals surface area contributed by atoms with Crippen molar-refractivity contribution in [1.29, 1.82) is 5.26 Å². The number of rotatable bonds is 2. The standard InChI is InChI=1S/C12H15N3/c1-15(11-6-10(14)7-11)12-5-3-2-4-9(12)8-13/h2-5,10-11H,6-7,14H2,1H3. The van der Waals surface area contributed by atoms with E-state index in [0.717, 1.165) is 24.1 Å². The Labute approximate surface area is 90.1 Å². The fourth-order valence-corrected chi connectivity index (χ4v) is 2.02. The Morgan fingerprint density at radius 1 is 1.40 bits per heavy atom. The van der Waals surface area contributed by atoms with Crippen LogP contribution in [0.15, 0.2) is 24.3 Å². The summed E-state index contributed by atoms with van der Waals surface area (Å²) in [4.78, 5) is 2.17. The second-order valence-electron chi connectivity index (χ2n) is 4.13. The van der Waals surface area contributed by atoms with Crippen LogP contribution < -0.4 is 10.6 Å². The van der Waals surface area contributed by atoms with Gasteiger partial charge in [-0.1, -0.05) is 12.1 Å². The summed E-state index contributed by atoms with van der Waals surface area (Å²) in [5.74, 6) is 0. The second-order valence-corrected chi connectivity index (χ2v) is 4.13. The average molecular weight is 201 g/mol. The smallest absolute Gasteiger partial charge is 0.101 e. The summed E-state index contributed by atoms with van der Waals surface area (Å²) in [6, 6.07) is 10.7. The van der Waals surface area contributed by atoms with Gasteiger partial charge in [0.1, 0.15) is 6.07 Å². The first-order valence-corrected chi connectivity index (χ1v) is 5.20. The van der Waals surface area contributed by atoms with Crippen molar-refractivity contribution in [1.82, 2.24) is 0 Å². The molecule has 0 aromatic heterocycles. The first-order valence-electron chi connectivity index (χ1n) is 5.20. The largest absolute Gasteiger partial charge is 0.370 e. The van der Waals surface area contributed by atoms with Crippen molar-refractivity contribution in [2.45, 2.75) is 24.9 Å². The number of nitrogens with zero attached hydrogens (tertiary/aromatic N) is 2. The van der Waals surface area contributed by atoms with Crippen LogP contribution in [0.4, 0.5) is 5.69 Å². The molecule has 1 aromatic rings. The Morgan fingerprint density at radius 3 is 2.67 bits per heavy atom. The number of nitrogens with two attached hydrogens (primary N) is 1. The van der Waals surface area contributed by atoms with Gasteiger partial charge in [0.25, 0.3) is 0 Å². The molecule has 1 aliphatic carbocycles. The van der Waals surface area contributed by atoms with Gasteiger partial charge in [-0.15, -0.1) is 0 Å². The normalized spacial score (nSPS) is 24.1. The van der Waals surface area contributed by atoms with Crippen LogP contribution in [0, 0.1) is 11.3 Å². The molecule has 0 bridgehead atoms. The lowest BCUT2D eigenvalue weighted by Crippen LogP contribution is -2.49. The van der Waals surface area contributed by atoms with E-state index in [1.165, 1.54) is 0 Å². The molecule has 1 fully saturated rings. The molecular weight excluding hydrogens is 186 g/mol. The maximum absolute atomic E-state index is 8.99. The molecule has 1 aromatic carbocycles. The minimum atomic E-state index is 0.340. The Hall–Kier alpha value is -1.53. The first-order chi connectivity index (χ1) is 7.22. The minimum Gasteiger partial charge on any atom is -0.370 e. The monoisotopic (exact) mass is 201 g/mol. The van der Waals surface area contributed by atoms with E-state index < -0.39 is 0 Å². The Kier molecular flexibility index (Phi) is 2.61. The maximum atomic E-state index is 8.99. The summed E-state index contributed by atoms with van der Waals surface area (Å²) in [7, 11) is 2.03.